The van der Waals surface area contributed by atoms with Gasteiger partial charge in [-0.3, -0.25) is 9.59 Å². The fourth-order valence-electron chi connectivity index (χ4n) is 4.61. The van der Waals surface area contributed by atoms with Gasteiger partial charge in [0.15, 0.2) is 5.60 Å². The highest BCUT2D eigenvalue weighted by molar-refractivity contribution is 5.93. The minimum Gasteiger partial charge on any atom is -0.494 e. The highest BCUT2D eigenvalue weighted by Crippen LogP contribution is 2.46. The Hall–Kier alpha value is -4.57. The van der Waals surface area contributed by atoms with Crippen molar-refractivity contribution in [1.82, 2.24) is 0 Å². The van der Waals surface area contributed by atoms with Crippen molar-refractivity contribution in [3.63, 3.8) is 0 Å². The first-order valence-electron chi connectivity index (χ1n) is 12.7. The van der Waals surface area contributed by atoms with Crippen LogP contribution in [0.4, 0.5) is 0 Å². The molecule has 40 heavy (non-hydrogen) atoms. The Kier molecular flexibility index (Phi) is 10.5. The van der Waals surface area contributed by atoms with E-state index in [1.54, 1.807) is 91.0 Å². The number of carboxylic acids is 3. The van der Waals surface area contributed by atoms with E-state index in [2.05, 4.69) is 0 Å². The second kappa shape index (κ2) is 14.0. The summed E-state index contributed by atoms with van der Waals surface area (Å²) in [6, 6.07) is 25.3. The van der Waals surface area contributed by atoms with E-state index in [1.807, 2.05) is 0 Å². The maximum atomic E-state index is 12.9. The third kappa shape index (κ3) is 7.09. The summed E-state index contributed by atoms with van der Waals surface area (Å²) in [5, 5.41) is 42.6. The number of benzene rings is 3. The molecule has 0 aliphatic heterocycles. The molecule has 0 radical (unpaired) electrons. The van der Waals surface area contributed by atoms with Crippen molar-refractivity contribution in [3.8, 4) is 17.2 Å². The van der Waals surface area contributed by atoms with Crippen molar-refractivity contribution in [3.05, 3.63) is 91.0 Å². The van der Waals surface area contributed by atoms with Crippen LogP contribution in [0.15, 0.2) is 91.0 Å². The SMILES string of the molecule is O=C(O)C(CCOc1ccccc1)C(O)(C(=O)O)C(CCOc1ccccc1)(CCOc1ccccc1)C(=O)O. The lowest BCUT2D eigenvalue weighted by atomic mass is 9.61. The molecule has 212 valence electrons. The average Bonchev–Trinajstić information content (AvgIpc) is 2.95. The molecule has 0 amide bonds. The van der Waals surface area contributed by atoms with Gasteiger partial charge >= 0.3 is 17.9 Å². The molecule has 0 bridgehead atoms. The Balaban J connectivity index is 1.94. The Bertz CT molecular complexity index is 1190. The van der Waals surface area contributed by atoms with E-state index in [4.69, 9.17) is 14.2 Å². The summed E-state index contributed by atoms with van der Waals surface area (Å²) in [4.78, 5) is 38.1. The van der Waals surface area contributed by atoms with Gasteiger partial charge in [0.1, 0.15) is 28.6 Å². The van der Waals surface area contributed by atoms with Crippen LogP contribution < -0.4 is 14.2 Å². The van der Waals surface area contributed by atoms with E-state index < -0.39 is 54.1 Å². The molecular weight excluding hydrogens is 520 g/mol. The van der Waals surface area contributed by atoms with E-state index in [9.17, 15) is 34.8 Å². The van der Waals surface area contributed by atoms with Crippen LogP contribution >= 0.6 is 0 Å². The van der Waals surface area contributed by atoms with E-state index in [1.165, 1.54) is 0 Å². The molecule has 0 aromatic heterocycles. The minimum atomic E-state index is -3.26. The van der Waals surface area contributed by atoms with Gasteiger partial charge < -0.3 is 34.6 Å². The van der Waals surface area contributed by atoms with E-state index in [0.717, 1.165) is 0 Å². The Morgan fingerprint density at radius 2 is 0.975 bits per heavy atom. The minimum absolute atomic E-state index is 0.284. The lowest BCUT2D eigenvalue weighted by Gasteiger charge is -2.44. The number of aliphatic hydroxyl groups is 1. The van der Waals surface area contributed by atoms with Gasteiger partial charge in [0.25, 0.3) is 0 Å². The van der Waals surface area contributed by atoms with Crippen molar-refractivity contribution >= 4 is 17.9 Å². The summed E-state index contributed by atoms with van der Waals surface area (Å²) in [6.07, 6.45) is -1.54. The first-order chi connectivity index (χ1) is 19.2. The van der Waals surface area contributed by atoms with Gasteiger partial charge in [-0.1, -0.05) is 54.6 Å². The summed E-state index contributed by atoms with van der Waals surface area (Å²) >= 11 is 0. The molecule has 0 saturated carbocycles. The molecule has 3 rings (SSSR count). The normalized spacial score (nSPS) is 13.4. The highest BCUT2D eigenvalue weighted by atomic mass is 16.5. The van der Waals surface area contributed by atoms with Crippen molar-refractivity contribution in [2.45, 2.75) is 24.9 Å². The number of carboxylic acid groups (broad SMARTS) is 3. The molecule has 0 heterocycles. The number of carbonyl (C=O) groups is 3. The van der Waals surface area contributed by atoms with Crippen LogP contribution in [0.3, 0.4) is 0 Å². The molecule has 0 aliphatic rings. The predicted octanol–water partition coefficient (Wildman–Crippen LogP) is 3.98. The summed E-state index contributed by atoms with van der Waals surface area (Å²) in [6.45, 7) is -0.915. The zero-order valence-corrected chi connectivity index (χ0v) is 21.7. The smallest absolute Gasteiger partial charge is 0.337 e. The first-order valence-corrected chi connectivity index (χ1v) is 12.7. The van der Waals surface area contributed by atoms with E-state index in [-0.39, 0.29) is 19.8 Å². The van der Waals surface area contributed by atoms with Gasteiger partial charge in [0.2, 0.25) is 0 Å². The lowest BCUT2D eigenvalue weighted by Crippen LogP contribution is -2.65. The number of ether oxygens (including phenoxy) is 3. The van der Waals surface area contributed by atoms with Crippen molar-refractivity contribution in [2.24, 2.45) is 11.3 Å². The van der Waals surface area contributed by atoms with Crippen molar-refractivity contribution in [1.29, 1.82) is 0 Å². The van der Waals surface area contributed by atoms with Gasteiger partial charge in [0.05, 0.1) is 19.8 Å². The van der Waals surface area contributed by atoms with Crippen LogP contribution in [0.1, 0.15) is 19.3 Å². The average molecular weight is 553 g/mol. The number of aliphatic carboxylic acids is 3. The van der Waals surface area contributed by atoms with Crippen LogP contribution in [-0.2, 0) is 14.4 Å². The van der Waals surface area contributed by atoms with Crippen LogP contribution in [0, 0.1) is 11.3 Å². The van der Waals surface area contributed by atoms with Gasteiger partial charge in [-0.05, 0) is 42.8 Å². The molecule has 0 spiro atoms. The number of rotatable bonds is 17. The molecule has 2 unspecified atom stereocenters. The summed E-state index contributed by atoms with van der Waals surface area (Å²) in [7, 11) is 0. The van der Waals surface area contributed by atoms with Gasteiger partial charge in [0, 0.05) is 12.8 Å². The van der Waals surface area contributed by atoms with Crippen LogP contribution in [0.25, 0.3) is 0 Å². The molecular formula is C30H32O10. The van der Waals surface area contributed by atoms with Gasteiger partial charge in [-0.15, -0.1) is 0 Å². The van der Waals surface area contributed by atoms with Gasteiger partial charge in [-0.2, -0.15) is 0 Å². The summed E-state index contributed by atoms with van der Waals surface area (Å²) in [5.41, 5.74) is -5.77. The third-order valence-electron chi connectivity index (χ3n) is 6.77. The zero-order chi connectivity index (χ0) is 29.0. The van der Waals surface area contributed by atoms with Gasteiger partial charge in [-0.25, -0.2) is 4.79 Å². The molecule has 3 aromatic carbocycles. The monoisotopic (exact) mass is 552 g/mol. The molecule has 0 fully saturated rings. The molecule has 3 aromatic rings. The lowest BCUT2D eigenvalue weighted by molar-refractivity contribution is -0.209. The molecule has 4 N–H and O–H groups in total. The number of para-hydroxylation sites is 3. The standard InChI is InChI=1S/C30H32O10/c31-26(32)25(16-19-38-22-10-4-1-5-11-22)30(37,28(35)36)29(27(33)34,17-20-39-23-12-6-2-7-13-23)18-21-40-24-14-8-3-9-15-24/h1-15,25,37H,16-21H2,(H,31,32)(H,33,34)(H,35,36). The molecule has 0 saturated heterocycles. The second-order valence-electron chi connectivity index (χ2n) is 9.12. The maximum Gasteiger partial charge on any atom is 0.337 e. The topological polar surface area (TPSA) is 160 Å². The quantitative estimate of drug-likeness (QED) is 0.193. The third-order valence-corrected chi connectivity index (χ3v) is 6.77. The van der Waals surface area contributed by atoms with E-state index >= 15 is 0 Å². The van der Waals surface area contributed by atoms with E-state index in [0.29, 0.717) is 17.2 Å². The fourth-order valence-corrected chi connectivity index (χ4v) is 4.61. The van der Waals surface area contributed by atoms with Crippen molar-refractivity contribution < 1.29 is 49.0 Å². The molecule has 10 heteroatoms. The first kappa shape index (κ1) is 30.0. The van der Waals surface area contributed by atoms with Crippen LogP contribution in [0.5, 0.6) is 17.2 Å². The summed E-state index contributed by atoms with van der Waals surface area (Å²) in [5.74, 6) is -6.21. The molecule has 10 nitrogen and oxygen atoms in total. The van der Waals surface area contributed by atoms with Crippen LogP contribution in [-0.4, -0.2) is 63.8 Å². The number of hydrogen-bond acceptors (Lipinski definition) is 7. The second-order valence-corrected chi connectivity index (χ2v) is 9.12. The fraction of sp³-hybridized carbons (Fsp3) is 0.300. The zero-order valence-electron chi connectivity index (χ0n) is 21.7. The highest BCUT2D eigenvalue weighted by Gasteiger charge is 2.66. The van der Waals surface area contributed by atoms with Crippen LogP contribution in [0.2, 0.25) is 0 Å². The maximum absolute atomic E-state index is 12.9. The predicted molar refractivity (Wildman–Crippen MR) is 143 cm³/mol. The Labute approximate surface area is 231 Å². The molecule has 0 aliphatic carbocycles. The number of hydrogen-bond donors (Lipinski definition) is 4. The largest absolute Gasteiger partial charge is 0.494 e. The Morgan fingerprint density at radius 3 is 1.30 bits per heavy atom. The summed E-state index contributed by atoms with van der Waals surface area (Å²) < 4.78 is 16.8. The van der Waals surface area contributed by atoms with Crippen molar-refractivity contribution in [2.75, 3.05) is 19.8 Å². The molecule has 2 atom stereocenters. The Morgan fingerprint density at radius 1 is 0.600 bits per heavy atom.